The Morgan fingerprint density at radius 3 is 2.64 bits per heavy atom. The molecule has 2 aliphatic rings. The number of hydrogen-bond donors (Lipinski definition) is 1. The van der Waals surface area contributed by atoms with Crippen LogP contribution in [0.2, 0.25) is 0 Å². The van der Waals surface area contributed by atoms with E-state index in [1.54, 1.807) is 4.90 Å². The van der Waals surface area contributed by atoms with Crippen molar-refractivity contribution >= 4 is 11.8 Å². The molecule has 1 fully saturated rings. The summed E-state index contributed by atoms with van der Waals surface area (Å²) < 4.78 is 67.0. The molecule has 0 radical (unpaired) electrons. The fourth-order valence-electron chi connectivity index (χ4n) is 4.21. The molecule has 1 saturated heterocycles. The van der Waals surface area contributed by atoms with Crippen molar-refractivity contribution in [2.45, 2.75) is 31.3 Å². The highest BCUT2D eigenvalue weighted by molar-refractivity contribution is 5.47. The lowest BCUT2D eigenvalue weighted by atomic mass is 10.0. The number of nitrogens with zero attached hydrogens (tertiary/aromatic N) is 4. The van der Waals surface area contributed by atoms with Crippen molar-refractivity contribution < 1.29 is 32.1 Å². The smallest absolute Gasteiger partial charge is 0.408 e. The number of fused-ring (bicyclic) bond motifs is 1. The first-order valence-corrected chi connectivity index (χ1v) is 10.5. The fraction of sp³-hybridized carbons (Fsp3) is 0.524. The highest BCUT2D eigenvalue weighted by atomic mass is 19.4. The molecule has 0 bridgehead atoms. The summed E-state index contributed by atoms with van der Waals surface area (Å²) in [5.41, 5.74) is -0.343. The van der Waals surface area contributed by atoms with Crippen molar-refractivity contribution in [2.24, 2.45) is 0 Å². The molecular formula is C21H24F4N4O4. The van der Waals surface area contributed by atoms with Crippen LogP contribution in [0.15, 0.2) is 29.1 Å². The average molecular weight is 472 g/mol. The van der Waals surface area contributed by atoms with E-state index in [4.69, 9.17) is 9.47 Å². The molecule has 33 heavy (non-hydrogen) atoms. The second-order valence-electron chi connectivity index (χ2n) is 7.90. The van der Waals surface area contributed by atoms with E-state index < -0.39 is 36.2 Å². The van der Waals surface area contributed by atoms with Gasteiger partial charge in [0.15, 0.2) is 0 Å². The lowest BCUT2D eigenvalue weighted by molar-refractivity contribution is -0.153. The summed E-state index contributed by atoms with van der Waals surface area (Å²) in [6.07, 6.45) is -6.45. The second kappa shape index (κ2) is 9.18. The van der Waals surface area contributed by atoms with E-state index in [1.165, 1.54) is 23.8 Å². The van der Waals surface area contributed by atoms with Gasteiger partial charge in [-0.25, -0.2) is 4.39 Å². The number of aliphatic hydroxyl groups excluding tert-OH is 1. The largest absolute Gasteiger partial charge is 0.496 e. The normalized spacial score (nSPS) is 19.9. The van der Waals surface area contributed by atoms with Crippen LogP contribution in [0.3, 0.4) is 0 Å². The minimum absolute atomic E-state index is 0.00971. The highest BCUT2D eigenvalue weighted by Crippen LogP contribution is 2.36. The number of ether oxygens (including phenoxy) is 2. The van der Waals surface area contributed by atoms with Crippen LogP contribution in [-0.4, -0.2) is 66.8 Å². The first kappa shape index (κ1) is 23.3. The standard InChI is InChI=1S/C21H24F4N4O4/c1-32-16-10-13(22)2-3-14(16)15(30)12-29-17(21(23,24)25)4-5-28-19(31)11-18(26-20(28)29)27-6-8-33-9-7-27/h2-3,10-11,15,17,30H,4-9,12H2,1H3/t15-,17?/m0/s1. The van der Waals surface area contributed by atoms with Gasteiger partial charge in [0.1, 0.15) is 29.5 Å². The molecule has 1 aromatic heterocycles. The molecule has 12 heteroatoms. The van der Waals surface area contributed by atoms with Crippen molar-refractivity contribution in [3.05, 3.63) is 46.0 Å². The van der Waals surface area contributed by atoms with Gasteiger partial charge < -0.3 is 24.4 Å². The molecule has 2 atom stereocenters. The van der Waals surface area contributed by atoms with Gasteiger partial charge >= 0.3 is 6.18 Å². The van der Waals surface area contributed by atoms with Crippen LogP contribution in [0.5, 0.6) is 5.75 Å². The van der Waals surface area contributed by atoms with Gasteiger partial charge in [-0.15, -0.1) is 0 Å². The van der Waals surface area contributed by atoms with Crippen molar-refractivity contribution in [1.82, 2.24) is 9.55 Å². The van der Waals surface area contributed by atoms with E-state index in [0.29, 0.717) is 26.3 Å². The van der Waals surface area contributed by atoms with Gasteiger partial charge in [0.25, 0.3) is 5.56 Å². The van der Waals surface area contributed by atoms with Crippen LogP contribution < -0.4 is 20.1 Å². The molecule has 2 aromatic rings. The Morgan fingerprint density at radius 2 is 1.97 bits per heavy atom. The number of rotatable bonds is 5. The minimum Gasteiger partial charge on any atom is -0.496 e. The number of aliphatic hydroxyl groups is 1. The zero-order chi connectivity index (χ0) is 23.8. The Morgan fingerprint density at radius 1 is 1.24 bits per heavy atom. The van der Waals surface area contributed by atoms with E-state index >= 15 is 0 Å². The number of morpholine rings is 1. The van der Waals surface area contributed by atoms with Crippen LogP contribution in [0.4, 0.5) is 29.3 Å². The molecule has 4 rings (SSSR count). The third kappa shape index (κ3) is 4.76. The number of aromatic nitrogens is 2. The number of halogens is 4. The Balaban J connectivity index is 1.74. The van der Waals surface area contributed by atoms with Crippen LogP contribution in [0.1, 0.15) is 18.1 Å². The van der Waals surface area contributed by atoms with Crippen molar-refractivity contribution in [3.8, 4) is 5.75 Å². The summed E-state index contributed by atoms with van der Waals surface area (Å²) in [4.78, 5) is 19.8. The quantitative estimate of drug-likeness (QED) is 0.668. The van der Waals surface area contributed by atoms with E-state index in [0.717, 1.165) is 17.0 Å². The molecule has 1 aromatic carbocycles. The van der Waals surface area contributed by atoms with E-state index in [9.17, 15) is 27.5 Å². The maximum atomic E-state index is 14.0. The monoisotopic (exact) mass is 472 g/mol. The summed E-state index contributed by atoms with van der Waals surface area (Å²) in [5, 5.41) is 10.8. The minimum atomic E-state index is -4.62. The predicted molar refractivity (Wildman–Crippen MR) is 111 cm³/mol. The van der Waals surface area contributed by atoms with Gasteiger partial charge in [0.2, 0.25) is 5.95 Å². The molecule has 180 valence electrons. The number of β-amino-alcohol motifs (C(OH)–C–C–N with tert-alkyl or cyclic N) is 1. The topological polar surface area (TPSA) is 80.1 Å². The van der Waals surface area contributed by atoms with Crippen molar-refractivity contribution in [1.29, 1.82) is 0 Å². The third-order valence-corrected chi connectivity index (χ3v) is 5.87. The zero-order valence-corrected chi connectivity index (χ0v) is 17.9. The predicted octanol–water partition coefficient (Wildman–Crippen LogP) is 2.10. The molecular weight excluding hydrogens is 448 g/mol. The first-order chi connectivity index (χ1) is 15.7. The number of hydrogen-bond acceptors (Lipinski definition) is 7. The lowest BCUT2D eigenvalue weighted by Gasteiger charge is -2.40. The molecule has 0 aliphatic carbocycles. The third-order valence-electron chi connectivity index (χ3n) is 5.87. The fourth-order valence-corrected chi connectivity index (χ4v) is 4.21. The van der Waals surface area contributed by atoms with Crippen LogP contribution in [-0.2, 0) is 11.3 Å². The molecule has 1 N–H and O–H groups in total. The Kier molecular flexibility index (Phi) is 6.48. The first-order valence-electron chi connectivity index (χ1n) is 10.5. The lowest BCUT2D eigenvalue weighted by Crippen LogP contribution is -2.54. The molecule has 1 unspecified atom stereocenters. The second-order valence-corrected chi connectivity index (χ2v) is 7.90. The van der Waals surface area contributed by atoms with Gasteiger partial charge in [0, 0.05) is 37.3 Å². The molecule has 0 spiro atoms. The summed E-state index contributed by atoms with van der Waals surface area (Å²) in [6.45, 7) is 1.06. The summed E-state index contributed by atoms with van der Waals surface area (Å²) >= 11 is 0. The van der Waals surface area contributed by atoms with Crippen molar-refractivity contribution in [2.75, 3.05) is 49.8 Å². The molecule has 0 saturated carbocycles. The van der Waals surface area contributed by atoms with Crippen LogP contribution >= 0.6 is 0 Å². The van der Waals surface area contributed by atoms with Gasteiger partial charge in [-0.3, -0.25) is 9.36 Å². The van der Waals surface area contributed by atoms with Gasteiger partial charge in [0.05, 0.1) is 26.9 Å². The summed E-state index contributed by atoms with van der Waals surface area (Å²) in [5.74, 6) is -0.507. The Hall–Kier alpha value is -2.86. The van der Waals surface area contributed by atoms with E-state index in [1.807, 2.05) is 0 Å². The van der Waals surface area contributed by atoms with Gasteiger partial charge in [-0.2, -0.15) is 18.2 Å². The zero-order valence-electron chi connectivity index (χ0n) is 17.9. The summed E-state index contributed by atoms with van der Waals surface area (Å²) in [7, 11) is 1.27. The van der Waals surface area contributed by atoms with Crippen LogP contribution in [0, 0.1) is 5.82 Å². The van der Waals surface area contributed by atoms with Gasteiger partial charge in [-0.05, 0) is 18.6 Å². The average Bonchev–Trinajstić information content (AvgIpc) is 2.79. The maximum absolute atomic E-state index is 14.0. The molecule has 3 heterocycles. The maximum Gasteiger partial charge on any atom is 0.408 e. The van der Waals surface area contributed by atoms with Gasteiger partial charge in [-0.1, -0.05) is 0 Å². The highest BCUT2D eigenvalue weighted by Gasteiger charge is 2.47. The Bertz CT molecular complexity index is 1060. The molecule has 0 amide bonds. The number of benzene rings is 1. The molecule has 2 aliphatic heterocycles. The number of alkyl halides is 3. The van der Waals surface area contributed by atoms with Crippen molar-refractivity contribution in [3.63, 3.8) is 0 Å². The number of anilines is 2. The number of methoxy groups -OCH3 is 1. The van der Waals surface area contributed by atoms with E-state index in [2.05, 4.69) is 4.98 Å². The summed E-state index contributed by atoms with van der Waals surface area (Å²) in [6, 6.07) is 2.75. The van der Waals surface area contributed by atoms with E-state index in [-0.39, 0.29) is 36.0 Å². The SMILES string of the molecule is COc1cc(F)ccc1[C@@H](O)CN1c2nc(N3CCOCC3)cc(=O)n2CCC1C(F)(F)F. The van der Waals surface area contributed by atoms with Crippen LogP contribution in [0.25, 0.3) is 0 Å². The Labute approximate surface area is 187 Å². The molecule has 8 nitrogen and oxygen atoms in total.